The van der Waals surface area contributed by atoms with Crippen molar-refractivity contribution < 1.29 is 23.5 Å². The Kier molecular flexibility index (Phi) is 9.65. The highest BCUT2D eigenvalue weighted by molar-refractivity contribution is 7.14. The molecule has 0 fully saturated rings. The van der Waals surface area contributed by atoms with Gasteiger partial charge in [0.15, 0.2) is 5.78 Å². The van der Waals surface area contributed by atoms with Crippen LogP contribution in [0.4, 0.5) is 8.78 Å². The fourth-order valence-electron chi connectivity index (χ4n) is 3.81. The van der Waals surface area contributed by atoms with Gasteiger partial charge in [-0.15, -0.1) is 11.3 Å². The van der Waals surface area contributed by atoms with Crippen molar-refractivity contribution in [2.24, 2.45) is 0 Å². The van der Waals surface area contributed by atoms with Crippen LogP contribution in [0.2, 0.25) is 0 Å². The van der Waals surface area contributed by atoms with E-state index in [0.717, 1.165) is 18.1 Å². The predicted octanol–water partition coefficient (Wildman–Crippen LogP) is 4.21. The number of rotatable bonds is 12. The first kappa shape index (κ1) is 26.7. The number of benzene rings is 2. The molecule has 0 aliphatic heterocycles. The summed E-state index contributed by atoms with van der Waals surface area (Å²) in [5, 5.41) is 16.9. The maximum Gasteiger partial charge on any atom is 0.225 e. The van der Waals surface area contributed by atoms with Crippen LogP contribution in [0.1, 0.15) is 45.1 Å². The van der Waals surface area contributed by atoms with Gasteiger partial charge in [0.05, 0.1) is 23.4 Å². The summed E-state index contributed by atoms with van der Waals surface area (Å²) in [6.45, 7) is 4.25. The first-order valence-electron chi connectivity index (χ1n) is 11.5. The lowest BCUT2D eigenvalue weighted by Crippen LogP contribution is -2.49. The average Bonchev–Trinajstić information content (AvgIpc) is 3.27. The Bertz CT molecular complexity index is 1140. The Morgan fingerprint density at radius 1 is 1.00 bits per heavy atom. The maximum absolute atomic E-state index is 13.7. The topological polar surface area (TPSA) is 78.4 Å². The minimum atomic E-state index is -1.00. The molecule has 3 aromatic rings. The molecule has 3 rings (SSSR count). The molecule has 0 aliphatic carbocycles. The normalized spacial score (nSPS) is 12.8. The number of hydrogen-bond acceptors (Lipinski definition) is 5. The molecule has 8 heteroatoms. The number of nitrogens with one attached hydrogen (secondary N) is 2. The standard InChI is InChI=1S/C27H30F2N2O3S/c1-3-18-5-4-6-19(9-18)15-30-16-25(33)24(12-20-10-21(28)13-22(29)11-20)31-27(34)14-23-7-8-26(35-23)17(2)32/h4-11,13,24-25,30,33H,3,12,14-16H2,1-2H3,(H,31,34)/t24-,25-/m0/s1. The molecule has 5 nitrogen and oxygen atoms in total. The van der Waals surface area contributed by atoms with Crippen molar-refractivity contribution in [1.29, 1.82) is 0 Å². The summed E-state index contributed by atoms with van der Waals surface area (Å²) in [5.74, 6) is -1.86. The third-order valence-electron chi connectivity index (χ3n) is 5.61. The van der Waals surface area contributed by atoms with Crippen LogP contribution >= 0.6 is 11.3 Å². The summed E-state index contributed by atoms with van der Waals surface area (Å²) in [5.41, 5.74) is 2.62. The molecular weight excluding hydrogens is 470 g/mol. The van der Waals surface area contributed by atoms with E-state index in [2.05, 4.69) is 29.7 Å². The first-order valence-corrected chi connectivity index (χ1v) is 12.4. The van der Waals surface area contributed by atoms with Crippen LogP contribution in [0.15, 0.2) is 54.6 Å². The summed E-state index contributed by atoms with van der Waals surface area (Å²) >= 11 is 1.24. The van der Waals surface area contributed by atoms with Gasteiger partial charge in [-0.3, -0.25) is 9.59 Å². The molecule has 0 bridgehead atoms. The van der Waals surface area contributed by atoms with Crippen LogP contribution < -0.4 is 10.6 Å². The van der Waals surface area contributed by atoms with Gasteiger partial charge in [0.2, 0.25) is 5.91 Å². The van der Waals surface area contributed by atoms with Gasteiger partial charge >= 0.3 is 0 Å². The number of ketones is 1. The van der Waals surface area contributed by atoms with Gasteiger partial charge in [0.25, 0.3) is 0 Å². The van der Waals surface area contributed by atoms with Crippen molar-refractivity contribution in [3.63, 3.8) is 0 Å². The van der Waals surface area contributed by atoms with E-state index in [0.29, 0.717) is 21.9 Å². The second kappa shape index (κ2) is 12.7. The minimum absolute atomic E-state index is 0.0376. The molecule has 1 aromatic heterocycles. The molecule has 1 heterocycles. The fraction of sp³-hybridized carbons (Fsp3) is 0.333. The van der Waals surface area contributed by atoms with Gasteiger partial charge in [-0.25, -0.2) is 8.78 Å². The summed E-state index contributed by atoms with van der Waals surface area (Å²) < 4.78 is 27.4. The van der Waals surface area contributed by atoms with E-state index in [1.807, 2.05) is 12.1 Å². The molecule has 2 aromatic carbocycles. The number of thiophene rings is 1. The molecule has 0 radical (unpaired) electrons. The van der Waals surface area contributed by atoms with Gasteiger partial charge < -0.3 is 15.7 Å². The van der Waals surface area contributed by atoms with Crippen LogP contribution in [0.3, 0.4) is 0 Å². The van der Waals surface area contributed by atoms with Gasteiger partial charge in [-0.2, -0.15) is 0 Å². The molecule has 1 amide bonds. The number of aliphatic hydroxyl groups excluding tert-OH is 1. The van der Waals surface area contributed by atoms with E-state index in [-0.39, 0.29) is 31.1 Å². The number of hydrogen-bond donors (Lipinski definition) is 3. The van der Waals surface area contributed by atoms with Gasteiger partial charge in [0, 0.05) is 24.0 Å². The molecule has 0 aliphatic rings. The van der Waals surface area contributed by atoms with Crippen molar-refractivity contribution in [3.8, 4) is 0 Å². The van der Waals surface area contributed by atoms with Crippen molar-refractivity contribution in [1.82, 2.24) is 10.6 Å². The quantitative estimate of drug-likeness (QED) is 0.326. The SMILES string of the molecule is CCc1cccc(CNC[C@H](O)[C@H](Cc2cc(F)cc(F)c2)NC(=O)Cc2ccc(C(C)=O)s2)c1. The zero-order chi connectivity index (χ0) is 25.4. The third kappa shape index (κ3) is 8.35. The molecule has 35 heavy (non-hydrogen) atoms. The number of aryl methyl sites for hydroxylation is 1. The number of amides is 1. The fourth-order valence-corrected chi connectivity index (χ4v) is 4.71. The number of carbonyl (C=O) groups excluding carboxylic acids is 2. The molecule has 0 unspecified atom stereocenters. The molecule has 0 saturated carbocycles. The molecule has 3 N–H and O–H groups in total. The van der Waals surface area contributed by atoms with Crippen molar-refractivity contribution in [2.45, 2.75) is 51.8 Å². The molecule has 186 valence electrons. The first-order chi connectivity index (χ1) is 16.7. The second-order valence-corrected chi connectivity index (χ2v) is 9.69. The summed E-state index contributed by atoms with van der Waals surface area (Å²) in [6.07, 6.45) is 0.0105. The van der Waals surface area contributed by atoms with Gasteiger partial charge in [0.1, 0.15) is 11.6 Å². The highest BCUT2D eigenvalue weighted by Crippen LogP contribution is 2.18. The smallest absolute Gasteiger partial charge is 0.225 e. The Morgan fingerprint density at radius 2 is 1.71 bits per heavy atom. The Balaban J connectivity index is 1.66. The predicted molar refractivity (Wildman–Crippen MR) is 134 cm³/mol. The van der Waals surface area contributed by atoms with E-state index >= 15 is 0 Å². The van der Waals surface area contributed by atoms with Gasteiger partial charge in [-0.05, 0) is 60.7 Å². The van der Waals surface area contributed by atoms with Crippen molar-refractivity contribution >= 4 is 23.0 Å². The monoisotopic (exact) mass is 500 g/mol. The van der Waals surface area contributed by atoms with Crippen LogP contribution in [0.5, 0.6) is 0 Å². The lowest BCUT2D eigenvalue weighted by molar-refractivity contribution is -0.121. The molecule has 0 saturated heterocycles. The number of halogens is 2. The maximum atomic E-state index is 13.7. The largest absolute Gasteiger partial charge is 0.390 e. The summed E-state index contributed by atoms with van der Waals surface area (Å²) in [6, 6.07) is 13.9. The Labute approximate surface area is 208 Å². The van der Waals surface area contributed by atoms with Crippen LogP contribution in [0.25, 0.3) is 0 Å². The summed E-state index contributed by atoms with van der Waals surface area (Å²) in [7, 11) is 0. The number of Topliss-reactive ketones (excluding diaryl/α,β-unsaturated/α-hetero) is 1. The van der Waals surface area contributed by atoms with Gasteiger partial charge in [-0.1, -0.05) is 31.2 Å². The lowest BCUT2D eigenvalue weighted by atomic mass is 10.00. The average molecular weight is 501 g/mol. The molecular formula is C27H30F2N2O3S. The molecule has 2 atom stereocenters. The van der Waals surface area contributed by atoms with Crippen LogP contribution in [-0.2, 0) is 30.6 Å². The van der Waals surface area contributed by atoms with E-state index in [4.69, 9.17) is 0 Å². The third-order valence-corrected chi connectivity index (χ3v) is 6.80. The zero-order valence-corrected chi connectivity index (χ0v) is 20.6. The number of aliphatic hydroxyl groups is 1. The van der Waals surface area contributed by atoms with E-state index < -0.39 is 23.8 Å². The Morgan fingerprint density at radius 3 is 2.37 bits per heavy atom. The highest BCUT2D eigenvalue weighted by Gasteiger charge is 2.23. The zero-order valence-electron chi connectivity index (χ0n) is 19.8. The highest BCUT2D eigenvalue weighted by atomic mass is 32.1. The second-order valence-electron chi connectivity index (χ2n) is 8.53. The number of carbonyl (C=O) groups is 2. The van der Waals surface area contributed by atoms with E-state index in [1.165, 1.54) is 36.0 Å². The van der Waals surface area contributed by atoms with E-state index in [9.17, 15) is 23.5 Å². The van der Waals surface area contributed by atoms with Crippen LogP contribution in [0, 0.1) is 11.6 Å². The van der Waals surface area contributed by atoms with Crippen molar-refractivity contribution in [3.05, 3.63) is 92.7 Å². The van der Waals surface area contributed by atoms with E-state index in [1.54, 1.807) is 12.1 Å². The minimum Gasteiger partial charge on any atom is -0.390 e. The summed E-state index contributed by atoms with van der Waals surface area (Å²) in [4.78, 5) is 25.5. The van der Waals surface area contributed by atoms with Crippen molar-refractivity contribution in [2.75, 3.05) is 6.54 Å². The molecule has 0 spiro atoms. The van der Waals surface area contributed by atoms with Crippen LogP contribution in [-0.4, -0.2) is 35.5 Å². The Hall–Kier alpha value is -2.94. The lowest BCUT2D eigenvalue weighted by Gasteiger charge is -2.25.